The van der Waals surface area contributed by atoms with Gasteiger partial charge < -0.3 is 26.0 Å². The van der Waals surface area contributed by atoms with Crippen LogP contribution in [-0.4, -0.2) is 67.5 Å². The first kappa shape index (κ1) is 46.5. The van der Waals surface area contributed by atoms with Crippen LogP contribution < -0.4 is 20.9 Å². The number of carboxylic acids is 1. The highest BCUT2D eigenvalue weighted by atomic mass is 32.2. The summed E-state index contributed by atoms with van der Waals surface area (Å²) in [6, 6.07) is 27.3. The van der Waals surface area contributed by atoms with Crippen molar-refractivity contribution in [3.63, 3.8) is 0 Å². The van der Waals surface area contributed by atoms with E-state index in [2.05, 4.69) is 15.5 Å². The molecule has 0 unspecified atom stereocenters. The van der Waals surface area contributed by atoms with Crippen LogP contribution in [0, 0.1) is 11.8 Å². The minimum atomic E-state index is -3.64. The first-order chi connectivity index (χ1) is 32.0. The maximum Gasteiger partial charge on any atom is 0.335 e. The van der Waals surface area contributed by atoms with Crippen LogP contribution in [0.5, 0.6) is 0 Å². The molecule has 348 valence electrons. The van der Waals surface area contributed by atoms with E-state index in [0.29, 0.717) is 61.9 Å². The molecule has 2 aromatic heterocycles. The van der Waals surface area contributed by atoms with Crippen LogP contribution in [0.15, 0.2) is 141 Å². The van der Waals surface area contributed by atoms with Gasteiger partial charge in [-0.05, 0) is 103 Å². The summed E-state index contributed by atoms with van der Waals surface area (Å²) in [5.74, 6) is 0.418. The molecule has 17 heteroatoms. The first-order valence-electron chi connectivity index (χ1n) is 22.2. The van der Waals surface area contributed by atoms with E-state index in [1.54, 1.807) is 115 Å². The van der Waals surface area contributed by atoms with Crippen LogP contribution in [0.2, 0.25) is 0 Å². The molecule has 4 heterocycles. The summed E-state index contributed by atoms with van der Waals surface area (Å²) in [5.41, 5.74) is 9.55. The number of hydrogen-bond acceptors (Lipinski definition) is 11. The van der Waals surface area contributed by atoms with Gasteiger partial charge in [-0.2, -0.15) is 10.2 Å². The summed E-state index contributed by atoms with van der Waals surface area (Å²) in [6.07, 6.45) is 16.1. The number of benzene rings is 4. The molecule has 2 aliphatic heterocycles. The Morgan fingerprint density at radius 3 is 1.45 bits per heavy atom. The van der Waals surface area contributed by atoms with E-state index in [4.69, 9.17) is 5.73 Å². The number of hydrogen-bond donors (Lipinski definition) is 3. The molecule has 2 aliphatic carbocycles. The lowest BCUT2D eigenvalue weighted by Gasteiger charge is -2.30. The molecule has 0 atom stereocenters. The molecular formula is C50H54N8O7S2. The maximum absolute atomic E-state index is 13.3. The Morgan fingerprint density at radius 2 is 1.03 bits per heavy atom. The van der Waals surface area contributed by atoms with E-state index in [9.17, 15) is 31.5 Å². The number of carbonyl (C=O) groups excluding carboxylic acids is 1. The molecule has 0 bridgehead atoms. The second-order valence-electron chi connectivity index (χ2n) is 17.2. The zero-order valence-electron chi connectivity index (χ0n) is 37.8. The summed E-state index contributed by atoms with van der Waals surface area (Å²) in [6.45, 7) is 0. The summed E-state index contributed by atoms with van der Waals surface area (Å²) in [4.78, 5) is 29.9. The summed E-state index contributed by atoms with van der Waals surface area (Å²) in [5, 5.41) is 20.7. The molecule has 0 spiro atoms. The Morgan fingerprint density at radius 1 is 0.597 bits per heavy atom. The normalized spacial score (nSPS) is 17.2. The molecule has 15 nitrogen and oxygen atoms in total. The molecule has 2 saturated carbocycles. The minimum Gasteiger partial charge on any atom is -0.478 e. The number of sulfone groups is 2. The number of anilines is 6. The number of nitrogens with zero attached hydrogens (tertiary/aromatic N) is 6. The van der Waals surface area contributed by atoms with Gasteiger partial charge in [0.15, 0.2) is 5.82 Å². The fraction of sp³-hybridized carbons (Fsp3) is 0.280. The van der Waals surface area contributed by atoms with Crippen molar-refractivity contribution in [1.29, 1.82) is 0 Å². The number of aliphatic carboxylic acids is 1. The topological polar surface area (TPSA) is 203 Å². The zero-order chi connectivity index (χ0) is 47.6. The van der Waals surface area contributed by atoms with E-state index in [1.165, 1.54) is 6.07 Å². The number of carboxylic acid groups (broad SMARTS) is 1. The van der Waals surface area contributed by atoms with Gasteiger partial charge in [-0.1, -0.05) is 74.2 Å². The number of rotatable bonds is 7. The molecule has 0 saturated heterocycles. The quantitative estimate of drug-likeness (QED) is 0.129. The van der Waals surface area contributed by atoms with E-state index in [-0.39, 0.29) is 32.1 Å². The van der Waals surface area contributed by atoms with Crippen LogP contribution in [0.4, 0.5) is 34.4 Å². The van der Waals surface area contributed by atoms with E-state index in [0.717, 1.165) is 51.4 Å². The molecule has 67 heavy (non-hydrogen) atoms. The van der Waals surface area contributed by atoms with Crippen molar-refractivity contribution in [3.8, 4) is 0 Å². The van der Waals surface area contributed by atoms with Gasteiger partial charge in [0.2, 0.25) is 19.7 Å². The van der Waals surface area contributed by atoms with Gasteiger partial charge >= 0.3 is 5.97 Å². The molecule has 10 rings (SSSR count). The van der Waals surface area contributed by atoms with Gasteiger partial charge in [0.1, 0.15) is 5.82 Å². The number of fused-ring (bicyclic) bond motifs is 4. The van der Waals surface area contributed by atoms with Crippen molar-refractivity contribution in [2.24, 2.45) is 25.9 Å². The lowest BCUT2D eigenvalue weighted by molar-refractivity contribution is -0.130. The smallest absolute Gasteiger partial charge is 0.335 e. The highest BCUT2D eigenvalue weighted by molar-refractivity contribution is 7.92. The van der Waals surface area contributed by atoms with Crippen LogP contribution >= 0.6 is 0 Å². The number of nitrogens with one attached hydrogen (secondary N) is 1. The predicted octanol–water partition coefficient (Wildman–Crippen LogP) is 8.81. The fourth-order valence-corrected chi connectivity index (χ4v) is 12.6. The molecule has 0 radical (unpaired) electrons. The lowest BCUT2D eigenvalue weighted by Crippen LogP contribution is -2.23. The van der Waals surface area contributed by atoms with Crippen LogP contribution in [0.1, 0.15) is 62.5 Å². The number of amides is 1. The third kappa shape index (κ3) is 9.65. The highest BCUT2D eigenvalue weighted by Gasteiger charge is 2.35. The van der Waals surface area contributed by atoms with E-state index < -0.39 is 25.6 Å². The average Bonchev–Trinajstić information content (AvgIpc) is 4.17. The van der Waals surface area contributed by atoms with Crippen LogP contribution in [0.25, 0.3) is 11.1 Å². The van der Waals surface area contributed by atoms with E-state index in [1.807, 2.05) is 48.2 Å². The summed E-state index contributed by atoms with van der Waals surface area (Å²) in [7, 11) is 0.0108. The molecular weight excluding hydrogens is 889 g/mol. The van der Waals surface area contributed by atoms with Gasteiger partial charge in [-0.15, -0.1) is 0 Å². The minimum absolute atomic E-state index is 0.207. The molecule has 4 aromatic carbocycles. The van der Waals surface area contributed by atoms with Crippen molar-refractivity contribution in [3.05, 3.63) is 133 Å². The third-order valence-electron chi connectivity index (χ3n) is 12.6. The van der Waals surface area contributed by atoms with Crippen molar-refractivity contribution in [1.82, 2.24) is 19.6 Å². The van der Waals surface area contributed by atoms with Gasteiger partial charge in [0, 0.05) is 52.2 Å². The number of nitrogen functional groups attached to an aromatic ring is 1. The van der Waals surface area contributed by atoms with Crippen LogP contribution in [-0.2, 0) is 43.4 Å². The second kappa shape index (κ2) is 19.1. The number of aromatic nitrogens is 4. The Kier molecular flexibility index (Phi) is 13.3. The molecule has 2 fully saturated rings. The standard InChI is InChI=1S/C25H26N4O3S.C21H21NO4S.C4H7N3/c1-28-14-13-24(27-28)26-25(30)19(15-17-7-3-4-8-17)18-11-12-23-21(16-18)29(2)20-9-5-6-10-22(20)33(23,31)32;1-22-17-8-4-5-9-19(17)27(25,26)20-11-10-15(13-18(20)22)16(21(23)24)12-14-6-2-3-7-14;1-7-3-2-4(5)6-7/h5-6,9-17H,3-4,7-8H2,1-2H3,(H,26,27,30);4-5,8-14H,2-3,6-7H2,1H3,(H,23,24);2-3H,1H3,(H2,5,6)/b19-15+;16-12+;. The molecule has 4 aliphatic rings. The van der Waals surface area contributed by atoms with E-state index >= 15 is 0 Å². The number of carbonyl (C=O) groups is 2. The largest absolute Gasteiger partial charge is 0.478 e. The van der Waals surface area contributed by atoms with Gasteiger partial charge in [0.05, 0.1) is 47.9 Å². The van der Waals surface area contributed by atoms with Crippen LogP contribution in [0.3, 0.4) is 0 Å². The predicted molar refractivity (Wildman–Crippen MR) is 260 cm³/mol. The monoisotopic (exact) mass is 942 g/mol. The van der Waals surface area contributed by atoms with Crippen molar-refractivity contribution < 1.29 is 31.5 Å². The van der Waals surface area contributed by atoms with Gasteiger partial charge in [0.25, 0.3) is 5.91 Å². The number of para-hydroxylation sites is 2. The summed E-state index contributed by atoms with van der Waals surface area (Å²) >= 11 is 0. The summed E-state index contributed by atoms with van der Waals surface area (Å²) < 4.78 is 55.7. The van der Waals surface area contributed by atoms with Crippen molar-refractivity contribution >= 4 is 77.1 Å². The second-order valence-corrected chi connectivity index (χ2v) is 21.0. The molecule has 6 aromatic rings. The number of allylic oxidation sites excluding steroid dienone is 2. The lowest BCUT2D eigenvalue weighted by atomic mass is 9.97. The highest BCUT2D eigenvalue weighted by Crippen LogP contribution is 2.46. The molecule has 4 N–H and O–H groups in total. The SMILES string of the molecule is CN1c2ccccc2S(=O)(=O)c2ccc(/C(=C\C3CCCC3)C(=O)Nc3ccn(C)n3)cc21.CN1c2ccccc2S(=O)(=O)c2ccc(/C(=C\C3CCCC3)C(=O)O)cc21.Cn1ccc(N)n1. The Labute approximate surface area is 391 Å². The Balaban J connectivity index is 0.000000161. The molecule has 1 amide bonds. The number of aryl methyl sites for hydroxylation is 2. The Bertz CT molecular complexity index is 3130. The van der Waals surface area contributed by atoms with Crippen molar-refractivity contribution in [2.75, 3.05) is 34.9 Å². The number of nitrogens with two attached hydrogens (primary N) is 1. The maximum atomic E-state index is 13.3. The van der Waals surface area contributed by atoms with Crippen molar-refractivity contribution in [2.45, 2.75) is 70.9 Å². The van der Waals surface area contributed by atoms with Gasteiger partial charge in [-0.3, -0.25) is 14.2 Å². The first-order valence-corrected chi connectivity index (χ1v) is 25.2. The third-order valence-corrected chi connectivity index (χ3v) is 16.3. The Hall–Kier alpha value is -6.98. The fourth-order valence-electron chi connectivity index (χ4n) is 9.18. The van der Waals surface area contributed by atoms with Gasteiger partial charge in [-0.25, -0.2) is 21.6 Å². The average molecular weight is 943 g/mol. The zero-order valence-corrected chi connectivity index (χ0v) is 39.5.